The average Bonchev–Trinajstić information content (AvgIpc) is 2.73. The molecule has 0 radical (unpaired) electrons. The van der Waals surface area contributed by atoms with Crippen LogP contribution in [0.1, 0.15) is 45.4 Å². The number of unbranched alkanes of at least 4 members (excludes halogenated alkanes) is 4. The molecule has 0 unspecified atom stereocenters. The molecule has 0 aliphatic carbocycles. The Hall–Kier alpha value is -0.700. The smallest absolute Gasteiger partial charge is 0.0890 e. The fourth-order valence-corrected chi connectivity index (χ4v) is 2.12. The van der Waals surface area contributed by atoms with Crippen LogP contribution in [0.3, 0.4) is 0 Å². The van der Waals surface area contributed by atoms with Gasteiger partial charge >= 0.3 is 0 Å². The van der Waals surface area contributed by atoms with E-state index in [4.69, 9.17) is 0 Å². The van der Waals surface area contributed by atoms with Gasteiger partial charge in [-0.3, -0.25) is 0 Å². The molecule has 1 rings (SSSR count). The first-order valence-corrected chi connectivity index (χ1v) is 7.16. The maximum Gasteiger partial charge on any atom is 0.0890 e. The summed E-state index contributed by atoms with van der Waals surface area (Å²) in [6, 6.07) is 0. The van der Waals surface area contributed by atoms with Crippen molar-refractivity contribution in [2.24, 2.45) is 0 Å². The first-order chi connectivity index (χ1) is 8.33. The Kier molecular flexibility index (Phi) is 7.89. The highest BCUT2D eigenvalue weighted by atomic mass is 15.3. The molecule has 0 saturated carbocycles. The van der Waals surface area contributed by atoms with E-state index in [0.717, 1.165) is 13.2 Å². The van der Waals surface area contributed by atoms with Gasteiger partial charge in [0.1, 0.15) is 0 Å². The molecule has 1 heterocycles. The standard InChI is InChI=1S/C14H29N3/c1-3-4-5-6-7-9-15-10-8-11-17-13-12-16(2)14-17/h12-13,15H,3-11,14H2,1-2H3. The van der Waals surface area contributed by atoms with Crippen molar-refractivity contribution < 1.29 is 0 Å². The fourth-order valence-electron chi connectivity index (χ4n) is 2.12. The Morgan fingerprint density at radius 3 is 2.47 bits per heavy atom. The van der Waals surface area contributed by atoms with Gasteiger partial charge in [-0.15, -0.1) is 0 Å². The summed E-state index contributed by atoms with van der Waals surface area (Å²) in [5.41, 5.74) is 0. The van der Waals surface area contributed by atoms with E-state index >= 15 is 0 Å². The van der Waals surface area contributed by atoms with Gasteiger partial charge in [0.05, 0.1) is 6.67 Å². The molecule has 0 bridgehead atoms. The second-order valence-electron chi connectivity index (χ2n) is 5.03. The largest absolute Gasteiger partial charge is 0.362 e. The lowest BCUT2D eigenvalue weighted by Crippen LogP contribution is -2.26. The third-order valence-corrected chi connectivity index (χ3v) is 3.19. The summed E-state index contributed by atoms with van der Waals surface area (Å²) in [7, 11) is 2.12. The first-order valence-electron chi connectivity index (χ1n) is 7.16. The summed E-state index contributed by atoms with van der Waals surface area (Å²) in [5.74, 6) is 0. The molecule has 1 aliphatic heterocycles. The minimum absolute atomic E-state index is 1.05. The molecule has 100 valence electrons. The van der Waals surface area contributed by atoms with Crippen LogP contribution in [0.5, 0.6) is 0 Å². The van der Waals surface area contributed by atoms with Crippen molar-refractivity contribution in [3.8, 4) is 0 Å². The van der Waals surface area contributed by atoms with E-state index in [0.29, 0.717) is 0 Å². The predicted octanol–water partition coefficient (Wildman–Crippen LogP) is 2.61. The number of hydrogen-bond donors (Lipinski definition) is 1. The van der Waals surface area contributed by atoms with Gasteiger partial charge in [-0.2, -0.15) is 0 Å². The third-order valence-electron chi connectivity index (χ3n) is 3.19. The Morgan fingerprint density at radius 1 is 1.00 bits per heavy atom. The van der Waals surface area contributed by atoms with Crippen LogP contribution in [-0.2, 0) is 0 Å². The topological polar surface area (TPSA) is 18.5 Å². The zero-order chi connectivity index (χ0) is 12.3. The Morgan fingerprint density at radius 2 is 1.76 bits per heavy atom. The number of rotatable bonds is 10. The molecule has 0 spiro atoms. The highest BCUT2D eigenvalue weighted by molar-refractivity contribution is 4.88. The highest BCUT2D eigenvalue weighted by Gasteiger charge is 2.06. The second-order valence-corrected chi connectivity index (χ2v) is 5.03. The summed E-state index contributed by atoms with van der Waals surface area (Å²) in [6.45, 7) is 6.84. The molecular formula is C14H29N3. The molecular weight excluding hydrogens is 210 g/mol. The van der Waals surface area contributed by atoms with E-state index in [1.807, 2.05) is 0 Å². The van der Waals surface area contributed by atoms with Crippen LogP contribution in [0.15, 0.2) is 12.4 Å². The van der Waals surface area contributed by atoms with Crippen molar-refractivity contribution in [3.05, 3.63) is 12.4 Å². The normalized spacial score (nSPS) is 14.9. The van der Waals surface area contributed by atoms with Crippen LogP contribution < -0.4 is 5.32 Å². The summed E-state index contributed by atoms with van der Waals surface area (Å²) in [4.78, 5) is 4.57. The second kappa shape index (κ2) is 9.34. The lowest BCUT2D eigenvalue weighted by Gasteiger charge is -2.17. The lowest BCUT2D eigenvalue weighted by atomic mass is 10.1. The lowest BCUT2D eigenvalue weighted by molar-refractivity contribution is 0.292. The van der Waals surface area contributed by atoms with Crippen LogP contribution in [-0.4, -0.2) is 43.2 Å². The summed E-state index contributed by atoms with van der Waals surface area (Å²) >= 11 is 0. The van der Waals surface area contributed by atoms with Crippen LogP contribution >= 0.6 is 0 Å². The van der Waals surface area contributed by atoms with Gasteiger partial charge in [0.25, 0.3) is 0 Å². The molecule has 3 heteroatoms. The van der Waals surface area contributed by atoms with Crippen molar-refractivity contribution in [1.29, 1.82) is 0 Å². The monoisotopic (exact) mass is 239 g/mol. The number of hydrogen-bond acceptors (Lipinski definition) is 3. The van der Waals surface area contributed by atoms with Gasteiger partial charge in [-0.05, 0) is 25.9 Å². The third kappa shape index (κ3) is 7.27. The summed E-state index contributed by atoms with van der Waals surface area (Å²) in [6.07, 6.45) is 12.4. The molecule has 0 fully saturated rings. The predicted molar refractivity (Wildman–Crippen MR) is 74.7 cm³/mol. The maximum atomic E-state index is 3.53. The van der Waals surface area contributed by atoms with Crippen molar-refractivity contribution in [2.45, 2.75) is 45.4 Å². The number of nitrogens with zero attached hydrogens (tertiary/aromatic N) is 2. The zero-order valence-electron chi connectivity index (χ0n) is 11.6. The van der Waals surface area contributed by atoms with Crippen LogP contribution in [0.25, 0.3) is 0 Å². The molecule has 0 atom stereocenters. The molecule has 17 heavy (non-hydrogen) atoms. The van der Waals surface area contributed by atoms with Gasteiger partial charge < -0.3 is 15.1 Å². The quantitative estimate of drug-likeness (QED) is 0.591. The Bertz CT molecular complexity index is 204. The van der Waals surface area contributed by atoms with Gasteiger partial charge in [0.2, 0.25) is 0 Å². The van der Waals surface area contributed by atoms with E-state index in [1.54, 1.807) is 0 Å². The fraction of sp³-hybridized carbons (Fsp3) is 0.857. The minimum atomic E-state index is 1.05. The van der Waals surface area contributed by atoms with E-state index in [1.165, 1.54) is 51.6 Å². The SMILES string of the molecule is CCCCCCCNCCCN1C=CN(C)C1. The first kappa shape index (κ1) is 14.4. The van der Waals surface area contributed by atoms with Crippen molar-refractivity contribution >= 4 is 0 Å². The number of nitrogens with one attached hydrogen (secondary N) is 1. The minimum Gasteiger partial charge on any atom is -0.362 e. The summed E-state index contributed by atoms with van der Waals surface area (Å²) in [5, 5.41) is 3.53. The van der Waals surface area contributed by atoms with Crippen molar-refractivity contribution in [3.63, 3.8) is 0 Å². The summed E-state index contributed by atoms with van der Waals surface area (Å²) < 4.78 is 0. The Labute approximate surface area is 107 Å². The van der Waals surface area contributed by atoms with Crippen LogP contribution in [0.2, 0.25) is 0 Å². The van der Waals surface area contributed by atoms with Crippen molar-refractivity contribution in [2.75, 3.05) is 33.4 Å². The van der Waals surface area contributed by atoms with E-state index in [9.17, 15) is 0 Å². The molecule has 1 aliphatic rings. The van der Waals surface area contributed by atoms with E-state index < -0.39 is 0 Å². The average molecular weight is 239 g/mol. The van der Waals surface area contributed by atoms with E-state index in [2.05, 4.69) is 41.5 Å². The van der Waals surface area contributed by atoms with Crippen LogP contribution in [0, 0.1) is 0 Å². The Balaban J connectivity index is 1.77. The molecule has 0 aromatic rings. The molecule has 3 nitrogen and oxygen atoms in total. The molecule has 0 aromatic carbocycles. The highest BCUT2D eigenvalue weighted by Crippen LogP contribution is 2.04. The molecule has 0 saturated heterocycles. The van der Waals surface area contributed by atoms with Gasteiger partial charge in [0, 0.05) is 26.0 Å². The van der Waals surface area contributed by atoms with Gasteiger partial charge in [-0.25, -0.2) is 0 Å². The van der Waals surface area contributed by atoms with Crippen LogP contribution in [0.4, 0.5) is 0 Å². The molecule has 1 N–H and O–H groups in total. The van der Waals surface area contributed by atoms with Gasteiger partial charge in [-0.1, -0.05) is 32.6 Å². The zero-order valence-corrected chi connectivity index (χ0v) is 11.6. The maximum absolute atomic E-state index is 3.53. The van der Waals surface area contributed by atoms with Crippen molar-refractivity contribution in [1.82, 2.24) is 15.1 Å². The van der Waals surface area contributed by atoms with Gasteiger partial charge in [0.15, 0.2) is 0 Å². The van der Waals surface area contributed by atoms with E-state index in [-0.39, 0.29) is 0 Å². The molecule has 0 amide bonds. The molecule has 0 aromatic heterocycles.